The van der Waals surface area contributed by atoms with Crippen molar-refractivity contribution in [2.75, 3.05) is 10.6 Å². The van der Waals surface area contributed by atoms with E-state index in [4.69, 9.17) is 16.4 Å². The zero-order valence-corrected chi connectivity index (χ0v) is 19.3. The summed E-state index contributed by atoms with van der Waals surface area (Å²) >= 11 is 0. The Morgan fingerprint density at radius 2 is 1.94 bits per heavy atom. The lowest BCUT2D eigenvalue weighted by molar-refractivity contribution is 0.102. The first-order chi connectivity index (χ1) is 22.5. The van der Waals surface area contributed by atoms with Gasteiger partial charge in [-0.15, -0.1) is 0 Å². The van der Waals surface area contributed by atoms with Crippen LogP contribution in [0.2, 0.25) is 0 Å². The highest BCUT2D eigenvalue weighted by Gasteiger charge is 2.12. The molecule has 2 aromatic carbocycles. The Labute approximate surface area is 226 Å². The maximum atomic E-state index is 13.7. The molecule has 1 amide bonds. The molecule has 5 rings (SSSR count). The Bertz CT molecular complexity index is 2190. The largest absolute Gasteiger partial charge is 0.324 e. The molecule has 8 heteroatoms. The van der Waals surface area contributed by atoms with Gasteiger partial charge in [-0.25, -0.2) is 15.0 Å². The standard InChI is InChI=1S/C28H25N7O/c1-18-11-23(14-24(12-18)35-16-20(3)31-17-35)32-27(36)21-7-6-19(2)26(13-21)34-28-30-10-8-25(33-28)22-5-4-9-29-15-22/h4-17H,1-3H3,(H,32,36)(H,30,33,34)/i4D,5D,6D,7D,9D,11D,12D,13D,14D,15D,16D,17D. The number of aryl methyl sites for hydroxylation is 1. The zero-order valence-electron chi connectivity index (χ0n) is 31.3. The monoisotopic (exact) mass is 487 g/mol. The minimum absolute atomic E-state index is 0.00332. The third kappa shape index (κ3) is 5.12. The molecule has 0 saturated carbocycles. The van der Waals surface area contributed by atoms with E-state index in [-0.39, 0.29) is 57.6 Å². The third-order valence-corrected chi connectivity index (χ3v) is 4.76. The van der Waals surface area contributed by atoms with Gasteiger partial charge < -0.3 is 15.2 Å². The number of nitrogens with zero attached hydrogens (tertiary/aromatic N) is 5. The van der Waals surface area contributed by atoms with Gasteiger partial charge in [0.25, 0.3) is 5.91 Å². The van der Waals surface area contributed by atoms with Crippen LogP contribution in [0.1, 0.15) is 43.6 Å². The third-order valence-electron chi connectivity index (χ3n) is 4.76. The van der Waals surface area contributed by atoms with Crippen LogP contribution in [0.15, 0.2) is 85.4 Å². The number of benzene rings is 2. The van der Waals surface area contributed by atoms with E-state index in [0.717, 1.165) is 4.57 Å². The number of amides is 1. The van der Waals surface area contributed by atoms with E-state index in [2.05, 4.69) is 30.6 Å². The predicted molar refractivity (Wildman–Crippen MR) is 141 cm³/mol. The maximum Gasteiger partial charge on any atom is 0.255 e. The molecule has 36 heavy (non-hydrogen) atoms. The number of anilines is 3. The number of pyridine rings is 1. The SMILES string of the molecule is [2H]c1nc([2H])c(-c2ccnc(Nc3c([2H])c(C(=O)Nc4c([2H])c(C)c([2H])c(-n5c([2H])nc(C)c5[2H])c4[2H])c([2H])c([2H])c3C)n2)c([2H])c1[2H]. The number of hydrogen-bond acceptors (Lipinski definition) is 6. The van der Waals surface area contributed by atoms with Crippen LogP contribution in [0.4, 0.5) is 17.3 Å². The highest BCUT2D eigenvalue weighted by molar-refractivity contribution is 6.05. The topological polar surface area (TPSA) is 97.6 Å². The van der Waals surface area contributed by atoms with Gasteiger partial charge >= 0.3 is 0 Å². The fraction of sp³-hybridized carbons (Fsp3) is 0.107. The fourth-order valence-corrected chi connectivity index (χ4v) is 3.10. The van der Waals surface area contributed by atoms with Gasteiger partial charge in [-0.05, 0) is 80.3 Å². The summed E-state index contributed by atoms with van der Waals surface area (Å²) < 4.78 is 101. The average molecular weight is 488 g/mol. The molecule has 0 radical (unpaired) electrons. The Kier molecular flexibility index (Phi) is 3.46. The van der Waals surface area contributed by atoms with Crippen molar-refractivity contribution in [2.24, 2.45) is 0 Å². The van der Waals surface area contributed by atoms with Gasteiger partial charge in [0.2, 0.25) is 5.95 Å². The highest BCUT2D eigenvalue weighted by Crippen LogP contribution is 2.24. The van der Waals surface area contributed by atoms with Gasteiger partial charge in [0, 0.05) is 52.9 Å². The molecule has 0 aliphatic carbocycles. The molecule has 0 saturated heterocycles. The number of nitrogens with one attached hydrogen (secondary N) is 2. The number of hydrogen-bond donors (Lipinski definition) is 2. The van der Waals surface area contributed by atoms with Crippen LogP contribution < -0.4 is 10.6 Å². The number of aromatic nitrogens is 5. The van der Waals surface area contributed by atoms with Crippen LogP contribution >= 0.6 is 0 Å². The first kappa shape index (κ1) is 12.7. The van der Waals surface area contributed by atoms with Crippen molar-refractivity contribution in [3.63, 3.8) is 0 Å². The van der Waals surface area contributed by atoms with E-state index >= 15 is 0 Å². The first-order valence-electron chi connectivity index (χ1n) is 16.6. The quantitative estimate of drug-likeness (QED) is 0.321. The summed E-state index contributed by atoms with van der Waals surface area (Å²) in [6.45, 7) is 4.30. The number of carbonyl (C=O) groups is 1. The smallest absolute Gasteiger partial charge is 0.255 e. The minimum Gasteiger partial charge on any atom is -0.324 e. The van der Waals surface area contributed by atoms with Crippen molar-refractivity contribution in [3.05, 3.63) is 108 Å². The predicted octanol–water partition coefficient (Wildman–Crippen LogP) is 5.65. The summed E-state index contributed by atoms with van der Waals surface area (Å²) in [5.74, 6) is -1.31. The van der Waals surface area contributed by atoms with Crippen molar-refractivity contribution in [3.8, 4) is 16.9 Å². The zero-order chi connectivity index (χ0) is 35.5. The molecule has 5 aromatic rings. The second kappa shape index (κ2) is 9.79. The molecule has 0 atom stereocenters. The van der Waals surface area contributed by atoms with Crippen molar-refractivity contribution < 1.29 is 21.2 Å². The Hall–Kier alpha value is -4.85. The van der Waals surface area contributed by atoms with Crippen molar-refractivity contribution in [2.45, 2.75) is 20.8 Å². The van der Waals surface area contributed by atoms with Crippen LogP contribution in [-0.2, 0) is 0 Å². The van der Waals surface area contributed by atoms with Crippen LogP contribution in [0.25, 0.3) is 16.9 Å². The molecule has 178 valence electrons. The molecule has 3 aromatic heterocycles. The summed E-state index contributed by atoms with van der Waals surface area (Å²) in [5, 5.41) is 5.13. The second-order valence-electron chi connectivity index (χ2n) is 7.52. The molecule has 0 bridgehead atoms. The lowest BCUT2D eigenvalue weighted by Crippen LogP contribution is -2.13. The lowest BCUT2D eigenvalue weighted by Gasteiger charge is -2.13. The van der Waals surface area contributed by atoms with Gasteiger partial charge in [-0.1, -0.05) is 6.04 Å². The lowest BCUT2D eigenvalue weighted by atomic mass is 10.1. The molecular weight excluding hydrogens is 450 g/mol. The second-order valence-corrected chi connectivity index (χ2v) is 7.52. The summed E-state index contributed by atoms with van der Waals surface area (Å²) in [7, 11) is 0. The number of rotatable bonds is 6. The van der Waals surface area contributed by atoms with Crippen molar-refractivity contribution in [1.82, 2.24) is 24.5 Å². The Morgan fingerprint density at radius 1 is 1.06 bits per heavy atom. The minimum atomic E-state index is -1.12. The van der Waals surface area contributed by atoms with Crippen LogP contribution in [-0.4, -0.2) is 30.4 Å². The van der Waals surface area contributed by atoms with Gasteiger partial charge in [-0.3, -0.25) is 9.78 Å². The van der Waals surface area contributed by atoms with Gasteiger partial charge in [-0.2, -0.15) is 0 Å². The first-order valence-corrected chi connectivity index (χ1v) is 10.6. The summed E-state index contributed by atoms with van der Waals surface area (Å²) in [6.07, 6.45) is -0.438. The molecule has 3 heterocycles. The molecule has 0 spiro atoms. The van der Waals surface area contributed by atoms with Crippen LogP contribution in [0, 0.1) is 20.8 Å². The molecule has 0 fully saturated rings. The van der Waals surface area contributed by atoms with E-state index in [1.54, 1.807) is 0 Å². The molecule has 0 unspecified atom stereocenters. The fourth-order valence-electron chi connectivity index (χ4n) is 3.10. The van der Waals surface area contributed by atoms with Crippen LogP contribution in [0.5, 0.6) is 0 Å². The van der Waals surface area contributed by atoms with E-state index in [1.807, 2.05) is 0 Å². The normalized spacial score (nSPS) is 15.4. The van der Waals surface area contributed by atoms with E-state index in [9.17, 15) is 4.79 Å². The van der Waals surface area contributed by atoms with E-state index in [1.165, 1.54) is 33.0 Å². The number of imidazole rings is 1. The van der Waals surface area contributed by atoms with Crippen molar-refractivity contribution in [1.29, 1.82) is 0 Å². The summed E-state index contributed by atoms with van der Waals surface area (Å²) in [6, 6.07) is -2.55. The molecule has 0 aliphatic heterocycles. The molecular formula is C28H25N7O. The van der Waals surface area contributed by atoms with Crippen molar-refractivity contribution >= 4 is 23.2 Å². The van der Waals surface area contributed by atoms with Gasteiger partial charge in [0.05, 0.1) is 32.8 Å². The van der Waals surface area contributed by atoms with Gasteiger partial charge in [0.15, 0.2) is 0 Å². The Morgan fingerprint density at radius 3 is 2.78 bits per heavy atom. The van der Waals surface area contributed by atoms with E-state index < -0.39 is 78.1 Å². The molecule has 0 aliphatic rings. The molecule has 8 nitrogen and oxygen atoms in total. The summed E-state index contributed by atoms with van der Waals surface area (Å²) in [5.41, 5.74) is -1.31. The number of carbonyl (C=O) groups excluding carboxylic acids is 1. The maximum absolute atomic E-state index is 13.7. The molecule has 2 N–H and O–H groups in total. The Balaban J connectivity index is 1.59. The summed E-state index contributed by atoms with van der Waals surface area (Å²) in [4.78, 5) is 29.6. The van der Waals surface area contributed by atoms with Crippen LogP contribution in [0.3, 0.4) is 0 Å². The van der Waals surface area contributed by atoms with E-state index in [0.29, 0.717) is 0 Å². The van der Waals surface area contributed by atoms with Gasteiger partial charge in [0.1, 0.15) is 1.37 Å². The highest BCUT2D eigenvalue weighted by atomic mass is 16.1. The average Bonchev–Trinajstić information content (AvgIpc) is 3.28.